The van der Waals surface area contributed by atoms with Gasteiger partial charge in [-0.15, -0.1) is 0 Å². The normalized spacial score (nSPS) is 13.1. The molecule has 3 nitrogen and oxygen atoms in total. The molecule has 2 N–H and O–H groups in total. The summed E-state index contributed by atoms with van der Waals surface area (Å²) in [5.41, 5.74) is 7.86. The molecule has 112 valence electrons. The van der Waals surface area contributed by atoms with E-state index >= 15 is 0 Å². The van der Waals surface area contributed by atoms with E-state index in [9.17, 15) is 8.42 Å². The summed E-state index contributed by atoms with van der Waals surface area (Å²) < 4.78 is 22.8. The van der Waals surface area contributed by atoms with Crippen LogP contribution in [0.3, 0.4) is 0 Å². The third-order valence-electron chi connectivity index (χ3n) is 3.21. The highest BCUT2D eigenvalue weighted by Gasteiger charge is 2.13. The molecule has 0 heterocycles. The summed E-state index contributed by atoms with van der Waals surface area (Å²) in [4.78, 5) is 0.277. The summed E-state index contributed by atoms with van der Waals surface area (Å²) in [6.07, 6.45) is 1.70. The van der Waals surface area contributed by atoms with Crippen molar-refractivity contribution in [2.24, 2.45) is 5.73 Å². The molecular formula is C15H15Cl2NO2S. The minimum Gasteiger partial charge on any atom is -0.324 e. The minimum absolute atomic E-state index is 0.277. The molecule has 1 atom stereocenters. The fourth-order valence-corrected chi connectivity index (χ4v) is 3.05. The van der Waals surface area contributed by atoms with E-state index < -0.39 is 9.84 Å². The second kappa shape index (κ2) is 6.36. The first-order valence-corrected chi connectivity index (χ1v) is 8.92. The Morgan fingerprint density at radius 2 is 1.71 bits per heavy atom. The first-order valence-electron chi connectivity index (χ1n) is 6.27. The quantitative estimate of drug-likeness (QED) is 0.921. The van der Waals surface area contributed by atoms with Crippen molar-refractivity contribution in [2.75, 3.05) is 6.26 Å². The first kappa shape index (κ1) is 16.3. The van der Waals surface area contributed by atoms with Crippen LogP contribution in [0.15, 0.2) is 47.4 Å². The molecule has 6 heteroatoms. The Labute approximate surface area is 134 Å². The molecule has 21 heavy (non-hydrogen) atoms. The van der Waals surface area contributed by atoms with Crippen LogP contribution in [0.1, 0.15) is 17.2 Å². The van der Waals surface area contributed by atoms with Crippen LogP contribution in [-0.2, 0) is 16.3 Å². The van der Waals surface area contributed by atoms with Crippen molar-refractivity contribution >= 4 is 33.0 Å². The smallest absolute Gasteiger partial charge is 0.175 e. The SMILES string of the molecule is CS(=O)(=O)c1ccc(C(N)Cc2cccc(Cl)c2Cl)cc1. The van der Waals surface area contributed by atoms with Crippen LogP contribution in [0.25, 0.3) is 0 Å². The molecule has 0 bridgehead atoms. The minimum atomic E-state index is -3.20. The van der Waals surface area contributed by atoms with Crippen LogP contribution in [0.5, 0.6) is 0 Å². The van der Waals surface area contributed by atoms with E-state index in [1.54, 1.807) is 30.3 Å². The molecule has 0 aliphatic heterocycles. The monoisotopic (exact) mass is 343 g/mol. The summed E-state index contributed by atoms with van der Waals surface area (Å²) in [6, 6.07) is 11.7. The van der Waals surface area contributed by atoms with Gasteiger partial charge in [-0.1, -0.05) is 47.5 Å². The van der Waals surface area contributed by atoms with Gasteiger partial charge in [0.2, 0.25) is 0 Å². The summed E-state index contributed by atoms with van der Waals surface area (Å²) in [5, 5.41) is 0.996. The van der Waals surface area contributed by atoms with Crippen LogP contribution in [-0.4, -0.2) is 14.7 Å². The maximum absolute atomic E-state index is 11.4. The Morgan fingerprint density at radius 1 is 1.10 bits per heavy atom. The number of hydrogen-bond donors (Lipinski definition) is 1. The molecule has 1 unspecified atom stereocenters. The van der Waals surface area contributed by atoms with Gasteiger partial charge in [0.05, 0.1) is 14.9 Å². The van der Waals surface area contributed by atoms with Crippen molar-refractivity contribution in [1.29, 1.82) is 0 Å². The molecule has 2 aromatic rings. The molecule has 0 saturated carbocycles. The lowest BCUT2D eigenvalue weighted by Gasteiger charge is -2.14. The van der Waals surface area contributed by atoms with Gasteiger partial charge in [-0.25, -0.2) is 8.42 Å². The number of rotatable bonds is 4. The molecule has 2 aromatic carbocycles. The van der Waals surface area contributed by atoms with E-state index in [0.29, 0.717) is 16.5 Å². The zero-order valence-electron chi connectivity index (χ0n) is 11.4. The predicted octanol–water partition coefficient (Wildman–Crippen LogP) is 3.64. The molecular weight excluding hydrogens is 329 g/mol. The Morgan fingerprint density at radius 3 is 2.29 bits per heavy atom. The lowest BCUT2D eigenvalue weighted by atomic mass is 10.00. The van der Waals surface area contributed by atoms with Crippen molar-refractivity contribution in [3.05, 3.63) is 63.6 Å². The molecule has 0 spiro atoms. The molecule has 0 aromatic heterocycles. The van der Waals surface area contributed by atoms with Gasteiger partial charge in [-0.3, -0.25) is 0 Å². The van der Waals surface area contributed by atoms with Gasteiger partial charge >= 0.3 is 0 Å². The zero-order chi connectivity index (χ0) is 15.6. The van der Waals surface area contributed by atoms with E-state index in [1.165, 1.54) is 6.26 Å². The molecule has 0 aliphatic rings. The van der Waals surface area contributed by atoms with E-state index in [-0.39, 0.29) is 10.9 Å². The molecule has 0 saturated heterocycles. The van der Waals surface area contributed by atoms with Gasteiger partial charge in [0.15, 0.2) is 9.84 Å². The number of benzene rings is 2. The van der Waals surface area contributed by atoms with E-state index in [2.05, 4.69) is 0 Å². The second-order valence-corrected chi connectivity index (χ2v) is 7.67. The average Bonchev–Trinajstić information content (AvgIpc) is 2.43. The van der Waals surface area contributed by atoms with Crippen LogP contribution in [0, 0.1) is 0 Å². The van der Waals surface area contributed by atoms with Crippen LogP contribution in [0.2, 0.25) is 10.0 Å². The summed E-state index contributed by atoms with van der Waals surface area (Å²) in [7, 11) is -3.20. The second-order valence-electron chi connectivity index (χ2n) is 4.86. The van der Waals surface area contributed by atoms with Crippen molar-refractivity contribution < 1.29 is 8.42 Å². The maximum Gasteiger partial charge on any atom is 0.175 e. The van der Waals surface area contributed by atoms with Crippen molar-refractivity contribution in [2.45, 2.75) is 17.4 Å². The third-order valence-corrected chi connectivity index (χ3v) is 5.19. The van der Waals surface area contributed by atoms with Gasteiger partial charge in [-0.05, 0) is 35.7 Å². The largest absolute Gasteiger partial charge is 0.324 e. The molecule has 0 amide bonds. The van der Waals surface area contributed by atoms with Gasteiger partial charge in [0, 0.05) is 12.3 Å². The maximum atomic E-state index is 11.4. The molecule has 0 aliphatic carbocycles. The van der Waals surface area contributed by atoms with Crippen molar-refractivity contribution in [3.63, 3.8) is 0 Å². The molecule has 0 fully saturated rings. The van der Waals surface area contributed by atoms with Gasteiger partial charge < -0.3 is 5.73 Å². The number of sulfone groups is 1. The zero-order valence-corrected chi connectivity index (χ0v) is 13.7. The Hall–Kier alpha value is -1.07. The topological polar surface area (TPSA) is 60.2 Å². The highest BCUT2D eigenvalue weighted by Crippen LogP contribution is 2.28. The highest BCUT2D eigenvalue weighted by atomic mass is 35.5. The third kappa shape index (κ3) is 3.98. The Kier molecular flexibility index (Phi) is 4.94. The standard InChI is InChI=1S/C15H15Cl2NO2S/c1-21(19,20)12-7-5-10(6-8-12)14(18)9-11-3-2-4-13(16)15(11)17/h2-8,14H,9,18H2,1H3. The van der Waals surface area contributed by atoms with E-state index in [0.717, 1.165) is 11.1 Å². The number of hydrogen-bond acceptors (Lipinski definition) is 3. The summed E-state index contributed by atoms with van der Waals surface area (Å²) in [5.74, 6) is 0. The lowest BCUT2D eigenvalue weighted by molar-refractivity contribution is 0.601. The van der Waals surface area contributed by atoms with Crippen LogP contribution >= 0.6 is 23.2 Å². The first-order chi connectivity index (χ1) is 9.79. The molecule has 2 rings (SSSR count). The van der Waals surface area contributed by atoms with Gasteiger partial charge in [0.1, 0.15) is 0 Å². The Bertz CT molecular complexity index is 743. The van der Waals surface area contributed by atoms with Gasteiger partial charge in [-0.2, -0.15) is 0 Å². The van der Waals surface area contributed by atoms with E-state index in [4.69, 9.17) is 28.9 Å². The van der Waals surface area contributed by atoms with Gasteiger partial charge in [0.25, 0.3) is 0 Å². The number of halogens is 2. The van der Waals surface area contributed by atoms with Crippen LogP contribution in [0.4, 0.5) is 0 Å². The summed E-state index contributed by atoms with van der Waals surface area (Å²) >= 11 is 12.1. The van der Waals surface area contributed by atoms with Crippen LogP contribution < -0.4 is 5.73 Å². The molecule has 0 radical (unpaired) electrons. The lowest BCUT2D eigenvalue weighted by Crippen LogP contribution is -2.13. The van der Waals surface area contributed by atoms with Crippen molar-refractivity contribution in [3.8, 4) is 0 Å². The van der Waals surface area contributed by atoms with Crippen molar-refractivity contribution in [1.82, 2.24) is 0 Å². The summed E-state index contributed by atoms with van der Waals surface area (Å²) in [6.45, 7) is 0. The highest BCUT2D eigenvalue weighted by molar-refractivity contribution is 7.90. The fraction of sp³-hybridized carbons (Fsp3) is 0.200. The van der Waals surface area contributed by atoms with E-state index in [1.807, 2.05) is 12.1 Å². The predicted molar refractivity (Wildman–Crippen MR) is 86.6 cm³/mol. The Balaban J connectivity index is 2.21. The average molecular weight is 344 g/mol. The fourth-order valence-electron chi connectivity index (χ4n) is 2.02. The number of nitrogens with two attached hydrogens (primary N) is 1.